The van der Waals surface area contributed by atoms with Crippen LogP contribution in [0, 0.1) is 28.7 Å². The first-order valence-corrected chi connectivity index (χ1v) is 9.43. The Balaban J connectivity index is 1.96. The summed E-state index contributed by atoms with van der Waals surface area (Å²) in [5.41, 5.74) is 6.09. The van der Waals surface area contributed by atoms with Crippen LogP contribution in [0.15, 0.2) is 47.8 Å². The van der Waals surface area contributed by atoms with Gasteiger partial charge < -0.3 is 0 Å². The average Bonchev–Trinajstić information content (AvgIpc) is 3.04. The van der Waals surface area contributed by atoms with Gasteiger partial charge in [-0.1, -0.05) is 35.9 Å². The molecule has 4 heteroatoms. The van der Waals surface area contributed by atoms with Gasteiger partial charge in [0.1, 0.15) is 11.1 Å². The zero-order valence-electron chi connectivity index (χ0n) is 13.4. The van der Waals surface area contributed by atoms with Crippen molar-refractivity contribution in [3.63, 3.8) is 0 Å². The highest BCUT2D eigenvalue weighted by molar-refractivity contribution is 14.1. The summed E-state index contributed by atoms with van der Waals surface area (Å²) in [4.78, 5) is 4.68. The lowest BCUT2D eigenvalue weighted by Gasteiger charge is -2.03. The van der Waals surface area contributed by atoms with Crippen LogP contribution in [0.25, 0.3) is 22.9 Å². The molecule has 0 spiro atoms. The zero-order chi connectivity index (χ0) is 17.1. The highest BCUT2D eigenvalue weighted by Crippen LogP contribution is 2.29. The summed E-state index contributed by atoms with van der Waals surface area (Å²) >= 11 is 3.78. The van der Waals surface area contributed by atoms with Crippen LogP contribution in [0.1, 0.15) is 21.7 Å². The molecule has 0 radical (unpaired) electrons. The van der Waals surface area contributed by atoms with Crippen molar-refractivity contribution in [2.75, 3.05) is 0 Å². The highest BCUT2D eigenvalue weighted by atomic mass is 127. The minimum absolute atomic E-state index is 0.595. The van der Waals surface area contributed by atoms with Crippen LogP contribution in [0.3, 0.4) is 0 Å². The zero-order valence-corrected chi connectivity index (χ0v) is 16.4. The Morgan fingerprint density at radius 2 is 1.92 bits per heavy atom. The van der Waals surface area contributed by atoms with E-state index >= 15 is 0 Å². The van der Waals surface area contributed by atoms with Gasteiger partial charge in [-0.15, -0.1) is 11.3 Å². The molecule has 0 aliphatic heterocycles. The van der Waals surface area contributed by atoms with Crippen LogP contribution >= 0.6 is 33.9 Å². The van der Waals surface area contributed by atoms with Crippen molar-refractivity contribution in [1.29, 1.82) is 5.26 Å². The van der Waals surface area contributed by atoms with Crippen molar-refractivity contribution in [1.82, 2.24) is 4.98 Å². The van der Waals surface area contributed by atoms with Gasteiger partial charge in [-0.25, -0.2) is 4.98 Å². The van der Waals surface area contributed by atoms with Crippen LogP contribution < -0.4 is 0 Å². The molecule has 0 fully saturated rings. The number of rotatable bonds is 3. The van der Waals surface area contributed by atoms with E-state index in [4.69, 9.17) is 0 Å². The number of nitriles is 1. The molecule has 0 N–H and O–H groups in total. The number of thiazole rings is 1. The summed E-state index contributed by atoms with van der Waals surface area (Å²) < 4.78 is 1.18. The molecular weight excluding hydrogens is 427 g/mol. The van der Waals surface area contributed by atoms with Crippen LogP contribution in [-0.4, -0.2) is 4.98 Å². The fourth-order valence-electron chi connectivity index (χ4n) is 2.49. The fourth-order valence-corrected chi connectivity index (χ4v) is 3.63. The smallest absolute Gasteiger partial charge is 0.134 e. The van der Waals surface area contributed by atoms with Gasteiger partial charge in [0.05, 0.1) is 11.3 Å². The Morgan fingerprint density at radius 3 is 2.58 bits per heavy atom. The normalized spacial score (nSPS) is 11.3. The van der Waals surface area contributed by atoms with Gasteiger partial charge in [-0.2, -0.15) is 5.26 Å². The third-order valence-electron chi connectivity index (χ3n) is 3.69. The molecule has 0 aliphatic rings. The number of halogens is 1. The third-order valence-corrected chi connectivity index (χ3v) is 5.29. The number of hydrogen-bond acceptors (Lipinski definition) is 3. The van der Waals surface area contributed by atoms with Crippen LogP contribution in [0.4, 0.5) is 0 Å². The molecule has 24 heavy (non-hydrogen) atoms. The van der Waals surface area contributed by atoms with Crippen LogP contribution in [0.5, 0.6) is 0 Å². The molecule has 0 atom stereocenters. The number of hydrogen-bond donors (Lipinski definition) is 0. The second kappa shape index (κ2) is 7.29. The van der Waals surface area contributed by atoms with Crippen molar-refractivity contribution in [2.45, 2.75) is 13.8 Å². The van der Waals surface area contributed by atoms with Gasteiger partial charge in [0.25, 0.3) is 0 Å². The van der Waals surface area contributed by atoms with E-state index in [9.17, 15) is 5.26 Å². The van der Waals surface area contributed by atoms with Gasteiger partial charge in [0, 0.05) is 14.5 Å². The largest absolute Gasteiger partial charge is 0.235 e. The standard InChI is InChI=1S/C20H15IN2S/c1-13-3-8-18(14(2)9-13)19-12-24-20(23-19)16(11-22)10-15-4-6-17(21)7-5-15/h3-10,12H,1-2H3/b16-10+. The molecule has 0 amide bonds. The SMILES string of the molecule is Cc1ccc(-c2csc(/C(C#N)=C/c3ccc(I)cc3)n2)c(C)c1. The molecule has 3 aromatic rings. The summed E-state index contributed by atoms with van der Waals surface area (Å²) in [5, 5.41) is 12.3. The second-order valence-corrected chi connectivity index (χ2v) is 7.68. The van der Waals surface area contributed by atoms with E-state index in [1.165, 1.54) is 26.0 Å². The van der Waals surface area contributed by atoms with Crippen molar-refractivity contribution in [2.24, 2.45) is 0 Å². The number of aromatic nitrogens is 1. The number of aryl methyl sites for hydroxylation is 2. The minimum Gasteiger partial charge on any atom is -0.235 e. The van der Waals surface area contributed by atoms with Gasteiger partial charge in [-0.05, 0) is 65.8 Å². The number of benzene rings is 2. The predicted molar refractivity (Wildman–Crippen MR) is 110 cm³/mol. The monoisotopic (exact) mass is 442 g/mol. The molecule has 118 valence electrons. The maximum Gasteiger partial charge on any atom is 0.134 e. The number of nitrogens with zero attached hydrogens (tertiary/aromatic N) is 2. The second-order valence-electron chi connectivity index (χ2n) is 5.58. The average molecular weight is 442 g/mol. The Hall–Kier alpha value is -1.97. The molecule has 2 aromatic carbocycles. The van der Waals surface area contributed by atoms with Crippen LogP contribution in [-0.2, 0) is 0 Å². The molecule has 0 saturated carbocycles. The first-order chi connectivity index (χ1) is 11.6. The quantitative estimate of drug-likeness (QED) is 0.363. The maximum atomic E-state index is 9.51. The van der Waals surface area contributed by atoms with E-state index in [1.807, 2.05) is 35.7 Å². The predicted octanol–water partition coefficient (Wildman–Crippen LogP) is 6.10. The summed E-state index contributed by atoms with van der Waals surface area (Å²) in [6.07, 6.45) is 1.89. The summed E-state index contributed by atoms with van der Waals surface area (Å²) in [6, 6.07) is 16.7. The molecule has 1 heterocycles. The molecule has 1 aromatic heterocycles. The van der Waals surface area contributed by atoms with Crippen molar-refractivity contribution in [3.05, 3.63) is 73.1 Å². The van der Waals surface area contributed by atoms with Crippen molar-refractivity contribution < 1.29 is 0 Å². The maximum absolute atomic E-state index is 9.51. The van der Waals surface area contributed by atoms with Gasteiger partial charge >= 0.3 is 0 Å². The van der Waals surface area contributed by atoms with Crippen LogP contribution in [0.2, 0.25) is 0 Å². The Labute approximate surface area is 159 Å². The Kier molecular flexibility index (Phi) is 5.12. The molecular formula is C20H15IN2S. The van der Waals surface area contributed by atoms with Gasteiger partial charge in [0.15, 0.2) is 0 Å². The summed E-state index contributed by atoms with van der Waals surface area (Å²) in [6.45, 7) is 4.18. The van der Waals surface area contributed by atoms with E-state index in [0.29, 0.717) is 5.57 Å². The number of allylic oxidation sites excluding steroid dienone is 1. The highest BCUT2D eigenvalue weighted by Gasteiger charge is 2.10. The Bertz CT molecular complexity index is 947. The molecule has 0 aliphatic carbocycles. The molecule has 0 saturated heterocycles. The molecule has 0 bridgehead atoms. The van der Waals surface area contributed by atoms with Gasteiger partial charge in [-0.3, -0.25) is 0 Å². The van der Waals surface area contributed by atoms with E-state index in [0.717, 1.165) is 21.8 Å². The van der Waals surface area contributed by atoms with Crippen molar-refractivity contribution in [3.8, 4) is 17.3 Å². The molecule has 3 rings (SSSR count). The molecule has 2 nitrogen and oxygen atoms in total. The first kappa shape index (κ1) is 16.9. The third kappa shape index (κ3) is 3.74. The minimum atomic E-state index is 0.595. The molecule has 0 unspecified atom stereocenters. The first-order valence-electron chi connectivity index (χ1n) is 7.48. The topological polar surface area (TPSA) is 36.7 Å². The van der Waals surface area contributed by atoms with E-state index < -0.39 is 0 Å². The van der Waals surface area contributed by atoms with Crippen molar-refractivity contribution >= 4 is 45.6 Å². The lowest BCUT2D eigenvalue weighted by molar-refractivity contribution is 1.32. The fraction of sp³-hybridized carbons (Fsp3) is 0.100. The van der Waals surface area contributed by atoms with Gasteiger partial charge in [0.2, 0.25) is 0 Å². The van der Waals surface area contributed by atoms with E-state index in [2.05, 4.69) is 65.7 Å². The summed E-state index contributed by atoms with van der Waals surface area (Å²) in [7, 11) is 0. The Morgan fingerprint density at radius 1 is 1.17 bits per heavy atom. The summed E-state index contributed by atoms with van der Waals surface area (Å²) in [5.74, 6) is 0. The van der Waals surface area contributed by atoms with E-state index in [-0.39, 0.29) is 0 Å². The van der Waals surface area contributed by atoms with E-state index in [1.54, 1.807) is 0 Å². The lowest BCUT2D eigenvalue weighted by atomic mass is 10.0. The lowest BCUT2D eigenvalue weighted by Crippen LogP contribution is -1.86.